The van der Waals surface area contributed by atoms with E-state index in [4.69, 9.17) is 0 Å². The number of rotatable bonds is 2. The summed E-state index contributed by atoms with van der Waals surface area (Å²) in [6.45, 7) is 2.24. The molecule has 3 rings (SSSR count). The number of aromatic nitrogens is 2. The van der Waals surface area contributed by atoms with Crippen LogP contribution in [0.3, 0.4) is 0 Å². The molecule has 0 radical (unpaired) electrons. The van der Waals surface area contributed by atoms with E-state index in [1.54, 1.807) is 0 Å². The molecule has 1 aliphatic heterocycles. The Morgan fingerprint density at radius 3 is 3.00 bits per heavy atom. The highest BCUT2D eigenvalue weighted by molar-refractivity contribution is 5.82. The van der Waals surface area contributed by atoms with Crippen LogP contribution in [0.15, 0.2) is 24.4 Å². The third kappa shape index (κ3) is 2.26. The van der Waals surface area contributed by atoms with Gasteiger partial charge >= 0.3 is 0 Å². The van der Waals surface area contributed by atoms with E-state index < -0.39 is 0 Å². The molecular formula is C13H18N4. The van der Waals surface area contributed by atoms with Crippen molar-refractivity contribution in [1.29, 1.82) is 0 Å². The fourth-order valence-electron chi connectivity index (χ4n) is 2.44. The molecule has 2 aromatic rings. The van der Waals surface area contributed by atoms with Crippen LogP contribution < -0.4 is 10.6 Å². The first kappa shape index (κ1) is 10.6. The van der Waals surface area contributed by atoms with E-state index in [-0.39, 0.29) is 0 Å². The van der Waals surface area contributed by atoms with Crippen LogP contribution >= 0.6 is 0 Å². The van der Waals surface area contributed by atoms with Crippen LogP contribution in [-0.4, -0.2) is 28.9 Å². The quantitative estimate of drug-likeness (QED) is 0.825. The molecule has 1 saturated heterocycles. The second kappa shape index (κ2) is 4.37. The molecule has 1 aliphatic rings. The van der Waals surface area contributed by atoms with Gasteiger partial charge in [-0.15, -0.1) is 0 Å². The molecule has 0 saturated carbocycles. The van der Waals surface area contributed by atoms with Gasteiger partial charge in [0.15, 0.2) is 0 Å². The predicted molar refractivity (Wildman–Crippen MR) is 70.2 cm³/mol. The number of hydrogen-bond acceptors (Lipinski definition) is 3. The van der Waals surface area contributed by atoms with Gasteiger partial charge in [0.1, 0.15) is 0 Å². The predicted octanol–water partition coefficient (Wildman–Crippen LogP) is 1.74. The maximum absolute atomic E-state index is 4.38. The Balaban J connectivity index is 1.79. The molecule has 0 spiro atoms. The minimum atomic E-state index is 0.602. The zero-order valence-corrected chi connectivity index (χ0v) is 10.1. The van der Waals surface area contributed by atoms with Crippen molar-refractivity contribution in [3.05, 3.63) is 24.4 Å². The first-order valence-corrected chi connectivity index (χ1v) is 6.22. The van der Waals surface area contributed by atoms with E-state index in [1.807, 2.05) is 11.7 Å². The average molecular weight is 230 g/mol. The smallest absolute Gasteiger partial charge is 0.0924 e. The van der Waals surface area contributed by atoms with Crippen LogP contribution in [0.1, 0.15) is 12.8 Å². The average Bonchev–Trinajstić information content (AvgIpc) is 2.70. The van der Waals surface area contributed by atoms with Crippen molar-refractivity contribution in [2.24, 2.45) is 7.05 Å². The van der Waals surface area contributed by atoms with Crippen LogP contribution in [0.4, 0.5) is 5.69 Å². The fourth-order valence-corrected chi connectivity index (χ4v) is 2.44. The van der Waals surface area contributed by atoms with Crippen LogP contribution in [0.2, 0.25) is 0 Å². The van der Waals surface area contributed by atoms with E-state index in [0.717, 1.165) is 18.6 Å². The summed E-state index contributed by atoms with van der Waals surface area (Å²) in [5.41, 5.74) is 2.26. The van der Waals surface area contributed by atoms with Crippen LogP contribution in [0, 0.1) is 0 Å². The maximum Gasteiger partial charge on any atom is 0.0924 e. The third-order valence-corrected chi connectivity index (χ3v) is 3.33. The van der Waals surface area contributed by atoms with Crippen molar-refractivity contribution < 1.29 is 0 Å². The van der Waals surface area contributed by atoms with Crippen LogP contribution in [-0.2, 0) is 7.05 Å². The van der Waals surface area contributed by atoms with Gasteiger partial charge in [-0.2, -0.15) is 5.10 Å². The summed E-state index contributed by atoms with van der Waals surface area (Å²) in [4.78, 5) is 0. The van der Waals surface area contributed by atoms with Crippen molar-refractivity contribution in [2.45, 2.75) is 18.9 Å². The van der Waals surface area contributed by atoms with Gasteiger partial charge in [-0.3, -0.25) is 4.68 Å². The molecule has 0 atom stereocenters. The summed E-state index contributed by atoms with van der Waals surface area (Å²) in [6, 6.07) is 6.99. The highest BCUT2D eigenvalue weighted by Crippen LogP contribution is 2.19. The molecule has 0 amide bonds. The lowest BCUT2D eigenvalue weighted by Gasteiger charge is -2.24. The van der Waals surface area contributed by atoms with Gasteiger partial charge < -0.3 is 10.6 Å². The SMILES string of the molecule is Cn1cc2cc(NC3CCNCC3)ccc2n1. The second-order valence-electron chi connectivity index (χ2n) is 4.74. The Morgan fingerprint density at radius 2 is 2.18 bits per heavy atom. The van der Waals surface area contributed by atoms with Crippen LogP contribution in [0.5, 0.6) is 0 Å². The molecule has 1 aromatic heterocycles. The Hall–Kier alpha value is -1.55. The van der Waals surface area contributed by atoms with E-state index in [9.17, 15) is 0 Å². The number of hydrogen-bond donors (Lipinski definition) is 2. The van der Waals surface area contributed by atoms with Gasteiger partial charge in [0.2, 0.25) is 0 Å². The number of fused-ring (bicyclic) bond motifs is 1. The number of benzene rings is 1. The zero-order chi connectivity index (χ0) is 11.7. The van der Waals surface area contributed by atoms with E-state index in [2.05, 4.69) is 40.1 Å². The normalized spacial score (nSPS) is 17.5. The molecule has 2 heterocycles. The summed E-state index contributed by atoms with van der Waals surface area (Å²) < 4.78 is 1.86. The van der Waals surface area contributed by atoms with Gasteiger partial charge in [-0.1, -0.05) is 0 Å². The fraction of sp³-hybridized carbons (Fsp3) is 0.462. The Morgan fingerprint density at radius 1 is 1.35 bits per heavy atom. The lowest BCUT2D eigenvalue weighted by molar-refractivity contribution is 0.479. The summed E-state index contributed by atoms with van der Waals surface area (Å²) in [7, 11) is 1.96. The van der Waals surface area contributed by atoms with Gasteiger partial charge in [0.25, 0.3) is 0 Å². The lowest BCUT2D eigenvalue weighted by atomic mass is 10.1. The Kier molecular flexibility index (Phi) is 2.73. The number of piperidine rings is 1. The summed E-state index contributed by atoms with van der Waals surface area (Å²) in [5, 5.41) is 12.6. The van der Waals surface area contributed by atoms with Crippen molar-refractivity contribution in [3.63, 3.8) is 0 Å². The molecule has 90 valence electrons. The monoisotopic (exact) mass is 230 g/mol. The minimum Gasteiger partial charge on any atom is -0.382 e. The van der Waals surface area contributed by atoms with Crippen molar-refractivity contribution >= 4 is 16.6 Å². The maximum atomic E-state index is 4.38. The molecule has 17 heavy (non-hydrogen) atoms. The number of aryl methyl sites for hydroxylation is 1. The molecule has 4 heteroatoms. The molecule has 2 N–H and O–H groups in total. The molecular weight excluding hydrogens is 212 g/mol. The standard InChI is InChI=1S/C13H18N4/c1-17-9-10-8-12(2-3-13(10)16-17)15-11-4-6-14-7-5-11/h2-3,8-9,11,14-15H,4-7H2,1H3. The van der Waals surface area contributed by atoms with Gasteiger partial charge in [0, 0.05) is 30.4 Å². The largest absolute Gasteiger partial charge is 0.382 e. The Labute approximate surface area is 101 Å². The first-order valence-electron chi connectivity index (χ1n) is 6.22. The van der Waals surface area contributed by atoms with Gasteiger partial charge in [-0.25, -0.2) is 0 Å². The Bertz CT molecular complexity index is 511. The molecule has 0 aliphatic carbocycles. The number of nitrogens with one attached hydrogen (secondary N) is 2. The number of anilines is 1. The molecule has 1 fully saturated rings. The molecule has 0 unspecified atom stereocenters. The number of nitrogens with zero attached hydrogens (tertiary/aromatic N) is 2. The minimum absolute atomic E-state index is 0.602. The van der Waals surface area contributed by atoms with Crippen LogP contribution in [0.25, 0.3) is 10.9 Å². The van der Waals surface area contributed by atoms with E-state index in [1.165, 1.54) is 23.9 Å². The van der Waals surface area contributed by atoms with Crippen molar-refractivity contribution in [3.8, 4) is 0 Å². The lowest BCUT2D eigenvalue weighted by Crippen LogP contribution is -2.35. The third-order valence-electron chi connectivity index (χ3n) is 3.33. The van der Waals surface area contributed by atoms with Gasteiger partial charge in [-0.05, 0) is 44.1 Å². The highest BCUT2D eigenvalue weighted by Gasteiger charge is 2.12. The van der Waals surface area contributed by atoms with E-state index in [0.29, 0.717) is 6.04 Å². The molecule has 1 aromatic carbocycles. The van der Waals surface area contributed by atoms with Crippen molar-refractivity contribution in [1.82, 2.24) is 15.1 Å². The first-order chi connectivity index (χ1) is 8.31. The highest BCUT2D eigenvalue weighted by atomic mass is 15.2. The van der Waals surface area contributed by atoms with Crippen molar-refractivity contribution in [2.75, 3.05) is 18.4 Å². The van der Waals surface area contributed by atoms with Gasteiger partial charge in [0.05, 0.1) is 5.52 Å². The topological polar surface area (TPSA) is 41.9 Å². The summed E-state index contributed by atoms with van der Waals surface area (Å²) in [6.07, 6.45) is 4.46. The summed E-state index contributed by atoms with van der Waals surface area (Å²) in [5.74, 6) is 0. The molecule has 4 nitrogen and oxygen atoms in total. The second-order valence-corrected chi connectivity index (χ2v) is 4.74. The molecule has 0 bridgehead atoms. The zero-order valence-electron chi connectivity index (χ0n) is 10.1. The van der Waals surface area contributed by atoms with E-state index >= 15 is 0 Å². The summed E-state index contributed by atoms with van der Waals surface area (Å²) >= 11 is 0.